The number of amidine groups is 1. The van der Waals surface area contributed by atoms with E-state index >= 15 is 0 Å². The third-order valence-corrected chi connectivity index (χ3v) is 4.62. The largest absolute Gasteiger partial charge is 0.385 e. The number of nitro benzene ring substituents is 1. The molecule has 1 aliphatic rings. The third kappa shape index (κ3) is 4.85. The Morgan fingerprint density at radius 2 is 1.84 bits per heavy atom. The van der Waals surface area contributed by atoms with Crippen molar-refractivity contribution in [2.75, 3.05) is 20.3 Å². The van der Waals surface area contributed by atoms with Gasteiger partial charge in [0.25, 0.3) is 17.5 Å². The van der Waals surface area contributed by atoms with E-state index in [9.17, 15) is 25.0 Å². The van der Waals surface area contributed by atoms with Crippen molar-refractivity contribution < 1.29 is 19.2 Å². The molecule has 0 unspecified atom stereocenters. The molecule has 162 valence electrons. The van der Waals surface area contributed by atoms with Crippen molar-refractivity contribution >= 4 is 29.0 Å². The summed E-state index contributed by atoms with van der Waals surface area (Å²) in [5, 5.41) is 25.7. The zero-order valence-electron chi connectivity index (χ0n) is 17.1. The molecular formula is C22H19N5O5. The van der Waals surface area contributed by atoms with Crippen molar-refractivity contribution in [1.29, 1.82) is 5.26 Å². The number of aliphatic imine (C=N–C) groups is 1. The van der Waals surface area contributed by atoms with Gasteiger partial charge in [0.05, 0.1) is 10.6 Å². The highest BCUT2D eigenvalue weighted by Gasteiger charge is 2.27. The number of amides is 2. The number of hydrogen-bond acceptors (Lipinski definition) is 7. The van der Waals surface area contributed by atoms with Crippen LogP contribution in [0.15, 0.2) is 59.1 Å². The topological polar surface area (TPSA) is 147 Å². The quantitative estimate of drug-likeness (QED) is 0.225. The van der Waals surface area contributed by atoms with E-state index in [4.69, 9.17) is 4.74 Å². The smallest absolute Gasteiger partial charge is 0.269 e. The van der Waals surface area contributed by atoms with Crippen LogP contribution in [0, 0.1) is 21.4 Å². The molecule has 0 spiro atoms. The molecule has 2 amide bonds. The van der Waals surface area contributed by atoms with Crippen molar-refractivity contribution in [2.45, 2.75) is 6.42 Å². The molecule has 0 atom stereocenters. The minimum absolute atomic E-state index is 0.134. The number of nitriles is 1. The Bertz CT molecular complexity index is 1160. The van der Waals surface area contributed by atoms with Crippen LogP contribution in [0.25, 0.3) is 5.70 Å². The van der Waals surface area contributed by atoms with E-state index in [1.54, 1.807) is 31.4 Å². The molecule has 0 aromatic heterocycles. The number of ether oxygens (including phenoxy) is 1. The number of rotatable bonds is 7. The molecule has 3 rings (SSSR count). The number of methoxy groups -OCH3 is 1. The van der Waals surface area contributed by atoms with E-state index in [0.717, 1.165) is 0 Å². The molecule has 1 heterocycles. The van der Waals surface area contributed by atoms with Crippen molar-refractivity contribution in [1.82, 2.24) is 10.6 Å². The van der Waals surface area contributed by atoms with E-state index in [2.05, 4.69) is 15.6 Å². The molecule has 2 N–H and O–H groups in total. The van der Waals surface area contributed by atoms with Gasteiger partial charge in [-0.2, -0.15) is 5.26 Å². The molecule has 2 aromatic rings. The first-order valence-corrected chi connectivity index (χ1v) is 9.62. The van der Waals surface area contributed by atoms with E-state index in [0.29, 0.717) is 30.7 Å². The number of carbonyl (C=O) groups is 2. The van der Waals surface area contributed by atoms with Gasteiger partial charge in [0, 0.05) is 49.1 Å². The predicted octanol–water partition coefficient (Wildman–Crippen LogP) is 2.17. The van der Waals surface area contributed by atoms with E-state index < -0.39 is 16.7 Å². The molecule has 0 bridgehead atoms. The molecule has 0 saturated heterocycles. The molecule has 32 heavy (non-hydrogen) atoms. The van der Waals surface area contributed by atoms with Crippen molar-refractivity contribution in [2.24, 2.45) is 4.99 Å². The van der Waals surface area contributed by atoms with E-state index in [-0.39, 0.29) is 28.4 Å². The summed E-state index contributed by atoms with van der Waals surface area (Å²) in [5.74, 6) is -0.920. The molecule has 0 radical (unpaired) electrons. The Balaban J connectivity index is 1.88. The summed E-state index contributed by atoms with van der Waals surface area (Å²) < 4.78 is 4.94. The Hall–Kier alpha value is -4.36. The summed E-state index contributed by atoms with van der Waals surface area (Å²) in [5.41, 5.74) is 1.14. The first kappa shape index (κ1) is 22.3. The van der Waals surface area contributed by atoms with Crippen LogP contribution in [-0.4, -0.2) is 42.8 Å². The van der Waals surface area contributed by atoms with Crippen LogP contribution in [-0.2, 0) is 9.53 Å². The minimum atomic E-state index is -0.569. The third-order valence-electron chi connectivity index (χ3n) is 4.62. The maximum absolute atomic E-state index is 12.6. The average molecular weight is 433 g/mol. The van der Waals surface area contributed by atoms with Gasteiger partial charge in [0.15, 0.2) is 0 Å². The minimum Gasteiger partial charge on any atom is -0.385 e. The van der Waals surface area contributed by atoms with Crippen LogP contribution >= 0.6 is 0 Å². The van der Waals surface area contributed by atoms with E-state index in [1.807, 2.05) is 6.07 Å². The summed E-state index contributed by atoms with van der Waals surface area (Å²) in [7, 11) is 1.56. The second-order valence-electron chi connectivity index (χ2n) is 6.70. The van der Waals surface area contributed by atoms with Gasteiger partial charge >= 0.3 is 0 Å². The first-order chi connectivity index (χ1) is 15.5. The number of fused-ring (bicyclic) bond motifs is 1. The summed E-state index contributed by atoms with van der Waals surface area (Å²) >= 11 is 0. The number of nitrogens with zero attached hydrogens (tertiary/aromatic N) is 3. The number of benzene rings is 2. The first-order valence-electron chi connectivity index (χ1n) is 9.62. The molecule has 0 aliphatic carbocycles. The number of nitro groups is 1. The van der Waals surface area contributed by atoms with Crippen LogP contribution < -0.4 is 10.6 Å². The van der Waals surface area contributed by atoms with Gasteiger partial charge in [0.1, 0.15) is 17.5 Å². The van der Waals surface area contributed by atoms with Gasteiger partial charge in [-0.15, -0.1) is 0 Å². The summed E-state index contributed by atoms with van der Waals surface area (Å²) in [4.78, 5) is 39.8. The lowest BCUT2D eigenvalue weighted by atomic mass is 10.0. The Labute approximate surface area is 183 Å². The van der Waals surface area contributed by atoms with Crippen LogP contribution in [0.3, 0.4) is 0 Å². The Morgan fingerprint density at radius 3 is 2.47 bits per heavy atom. The SMILES string of the molecule is COCCCNC(=O)/C(C#N)=C1\N=C(NC(=O)c2ccc([N+](=O)[O-])cc2)c2ccccc21. The van der Waals surface area contributed by atoms with Gasteiger partial charge in [-0.1, -0.05) is 24.3 Å². The highest BCUT2D eigenvalue weighted by Crippen LogP contribution is 2.30. The van der Waals surface area contributed by atoms with Gasteiger partial charge in [-0.25, -0.2) is 4.99 Å². The van der Waals surface area contributed by atoms with Crippen molar-refractivity contribution in [3.63, 3.8) is 0 Å². The zero-order chi connectivity index (χ0) is 23.1. The Morgan fingerprint density at radius 1 is 1.16 bits per heavy atom. The predicted molar refractivity (Wildman–Crippen MR) is 116 cm³/mol. The molecule has 2 aromatic carbocycles. The monoisotopic (exact) mass is 433 g/mol. The van der Waals surface area contributed by atoms with Gasteiger partial charge in [-0.3, -0.25) is 19.7 Å². The molecule has 10 nitrogen and oxygen atoms in total. The van der Waals surface area contributed by atoms with Crippen LogP contribution in [0.4, 0.5) is 5.69 Å². The maximum atomic E-state index is 12.6. The lowest BCUT2D eigenvalue weighted by Crippen LogP contribution is -2.30. The fourth-order valence-electron chi connectivity index (χ4n) is 3.05. The zero-order valence-corrected chi connectivity index (χ0v) is 17.1. The second kappa shape index (κ2) is 10.1. The summed E-state index contributed by atoms with van der Waals surface area (Å²) in [6.45, 7) is 0.804. The van der Waals surface area contributed by atoms with Crippen LogP contribution in [0.1, 0.15) is 27.9 Å². The van der Waals surface area contributed by atoms with Crippen LogP contribution in [0.2, 0.25) is 0 Å². The molecular weight excluding hydrogens is 414 g/mol. The fraction of sp³-hybridized carbons (Fsp3) is 0.182. The summed E-state index contributed by atoms with van der Waals surface area (Å²) in [6.07, 6.45) is 0.590. The molecule has 0 saturated carbocycles. The Kier molecular flexibility index (Phi) is 7.05. The number of hydrogen-bond donors (Lipinski definition) is 2. The van der Waals surface area contributed by atoms with Gasteiger partial charge < -0.3 is 15.4 Å². The average Bonchev–Trinajstić information content (AvgIpc) is 3.15. The van der Waals surface area contributed by atoms with E-state index in [1.165, 1.54) is 24.3 Å². The van der Waals surface area contributed by atoms with Crippen molar-refractivity contribution in [3.05, 3.63) is 80.9 Å². The molecule has 1 aliphatic heterocycles. The second-order valence-corrected chi connectivity index (χ2v) is 6.70. The fourth-order valence-corrected chi connectivity index (χ4v) is 3.05. The van der Waals surface area contributed by atoms with Gasteiger partial charge in [-0.05, 0) is 18.6 Å². The lowest BCUT2D eigenvalue weighted by Gasteiger charge is -2.06. The normalized spacial score (nSPS) is 13.4. The van der Waals surface area contributed by atoms with Crippen molar-refractivity contribution in [3.8, 4) is 6.07 Å². The lowest BCUT2D eigenvalue weighted by molar-refractivity contribution is -0.384. The standard InChI is InChI=1S/C22H19N5O5/c1-32-12-4-11-24-22(29)18(13-23)19-16-5-2-3-6-17(16)20(25-19)26-21(28)14-7-9-15(10-8-14)27(30)31/h2-3,5-10H,4,11-12H2,1H3,(H,24,29)(H,25,26,28)/b19-18-. The number of carbonyl (C=O) groups excluding carboxylic acids is 2. The maximum Gasteiger partial charge on any atom is 0.269 e. The molecule has 10 heteroatoms. The molecule has 0 fully saturated rings. The van der Waals surface area contributed by atoms with Crippen LogP contribution in [0.5, 0.6) is 0 Å². The number of nitrogens with one attached hydrogen (secondary N) is 2. The highest BCUT2D eigenvalue weighted by molar-refractivity contribution is 6.20. The number of non-ortho nitro benzene ring substituents is 1. The van der Waals surface area contributed by atoms with Gasteiger partial charge in [0.2, 0.25) is 0 Å². The highest BCUT2D eigenvalue weighted by atomic mass is 16.6. The summed E-state index contributed by atoms with van der Waals surface area (Å²) in [6, 6.07) is 13.9.